The first-order valence-electron chi connectivity index (χ1n) is 7.66. The zero-order valence-electron chi connectivity index (χ0n) is 12.9. The highest BCUT2D eigenvalue weighted by Crippen LogP contribution is 2.15. The zero-order valence-corrected chi connectivity index (χ0v) is 13.7. The molecular formula is C14H26N4O2S. The van der Waals surface area contributed by atoms with Gasteiger partial charge >= 0.3 is 0 Å². The zero-order chi connectivity index (χ0) is 15.3. The highest BCUT2D eigenvalue weighted by molar-refractivity contribution is 7.89. The lowest BCUT2D eigenvalue weighted by Crippen LogP contribution is -2.44. The fourth-order valence-corrected chi connectivity index (χ4v) is 3.72. The van der Waals surface area contributed by atoms with E-state index in [1.54, 1.807) is 17.3 Å². The molecule has 1 aliphatic rings. The van der Waals surface area contributed by atoms with Crippen LogP contribution in [0.25, 0.3) is 0 Å². The summed E-state index contributed by atoms with van der Waals surface area (Å²) in [5, 5.41) is 5.10. The maximum absolute atomic E-state index is 12.4. The van der Waals surface area contributed by atoms with Gasteiger partial charge in [-0.1, -0.05) is 13.3 Å². The maximum Gasteiger partial charge on any atom is 0.254 e. The molecule has 1 aromatic heterocycles. The van der Waals surface area contributed by atoms with Crippen molar-refractivity contribution in [3.05, 3.63) is 18.0 Å². The molecule has 1 aliphatic heterocycles. The summed E-state index contributed by atoms with van der Waals surface area (Å²) in [4.78, 5) is 3.03. The third-order valence-electron chi connectivity index (χ3n) is 3.73. The summed E-state index contributed by atoms with van der Waals surface area (Å²) in [5.74, 6) is 0. The lowest BCUT2D eigenvalue weighted by molar-refractivity contribution is 0.200. The van der Waals surface area contributed by atoms with E-state index in [-0.39, 0.29) is 0 Å². The van der Waals surface area contributed by atoms with Gasteiger partial charge < -0.3 is 9.88 Å². The van der Waals surface area contributed by atoms with Crippen molar-refractivity contribution < 1.29 is 8.42 Å². The van der Waals surface area contributed by atoms with Gasteiger partial charge in [-0.15, -0.1) is 4.83 Å². The van der Waals surface area contributed by atoms with E-state index in [0.717, 1.165) is 44.6 Å². The topological polar surface area (TPSA) is 66.4 Å². The summed E-state index contributed by atoms with van der Waals surface area (Å²) in [5.41, 5.74) is 0.975. The number of nitrogens with zero attached hydrogens (tertiary/aromatic N) is 2. The number of sulfonamides is 1. The van der Waals surface area contributed by atoms with Crippen molar-refractivity contribution in [2.75, 3.05) is 19.6 Å². The van der Waals surface area contributed by atoms with E-state index in [4.69, 9.17) is 0 Å². The second kappa shape index (κ2) is 7.40. The molecule has 1 aromatic rings. The Bertz CT molecular complexity index is 547. The van der Waals surface area contributed by atoms with Crippen LogP contribution in [-0.4, -0.2) is 37.6 Å². The molecule has 0 bridgehead atoms. The van der Waals surface area contributed by atoms with E-state index in [9.17, 15) is 8.42 Å². The molecule has 6 nitrogen and oxygen atoms in total. The standard InChI is InChI=1S/C14H26N4O2S/c1-3-7-15-11-13-10-14(12-17(13)2)21(19,20)16-18-8-5-4-6-9-18/h10,12,15-16H,3-9,11H2,1-2H3. The van der Waals surface area contributed by atoms with Crippen LogP contribution in [0.1, 0.15) is 38.3 Å². The highest BCUT2D eigenvalue weighted by atomic mass is 32.2. The van der Waals surface area contributed by atoms with E-state index in [0.29, 0.717) is 11.4 Å². The summed E-state index contributed by atoms with van der Waals surface area (Å²) in [7, 11) is -1.59. The number of aryl methyl sites for hydroxylation is 1. The van der Waals surface area contributed by atoms with Crippen LogP contribution in [0, 0.1) is 0 Å². The Labute approximate surface area is 127 Å². The molecule has 0 spiro atoms. The number of hydrogen-bond donors (Lipinski definition) is 2. The number of nitrogens with one attached hydrogen (secondary N) is 2. The Balaban J connectivity index is 2.03. The maximum atomic E-state index is 12.4. The molecule has 2 heterocycles. The van der Waals surface area contributed by atoms with Crippen molar-refractivity contribution in [2.45, 2.75) is 44.0 Å². The van der Waals surface area contributed by atoms with Crippen molar-refractivity contribution in [2.24, 2.45) is 7.05 Å². The Morgan fingerprint density at radius 2 is 1.95 bits per heavy atom. The van der Waals surface area contributed by atoms with Crippen LogP contribution in [0.2, 0.25) is 0 Å². The van der Waals surface area contributed by atoms with Crippen molar-refractivity contribution in [1.82, 2.24) is 19.7 Å². The van der Waals surface area contributed by atoms with Gasteiger partial charge in [0.15, 0.2) is 0 Å². The van der Waals surface area contributed by atoms with E-state index in [2.05, 4.69) is 17.1 Å². The third-order valence-corrected chi connectivity index (χ3v) is 5.07. The van der Waals surface area contributed by atoms with Gasteiger partial charge in [0.1, 0.15) is 4.90 Å². The molecule has 120 valence electrons. The Morgan fingerprint density at radius 3 is 2.62 bits per heavy atom. The van der Waals surface area contributed by atoms with Gasteiger partial charge in [-0.25, -0.2) is 13.4 Å². The minimum absolute atomic E-state index is 0.337. The van der Waals surface area contributed by atoms with E-state index < -0.39 is 10.0 Å². The van der Waals surface area contributed by atoms with E-state index in [1.165, 1.54) is 6.42 Å². The number of aromatic nitrogens is 1. The third kappa shape index (κ3) is 4.54. The number of hydrazine groups is 1. The predicted molar refractivity (Wildman–Crippen MR) is 83.2 cm³/mol. The largest absolute Gasteiger partial charge is 0.352 e. The van der Waals surface area contributed by atoms with E-state index >= 15 is 0 Å². The molecule has 0 unspecified atom stereocenters. The van der Waals surface area contributed by atoms with Crippen LogP contribution in [0.3, 0.4) is 0 Å². The molecule has 21 heavy (non-hydrogen) atoms. The fraction of sp³-hybridized carbons (Fsp3) is 0.714. The summed E-state index contributed by atoms with van der Waals surface area (Å²) < 4.78 is 26.7. The first kappa shape index (κ1) is 16.5. The van der Waals surface area contributed by atoms with Gasteiger partial charge in [0, 0.05) is 38.6 Å². The molecule has 7 heteroatoms. The average Bonchev–Trinajstić information content (AvgIpc) is 2.82. The Kier molecular flexibility index (Phi) is 5.80. The minimum atomic E-state index is -3.46. The number of rotatable bonds is 7. The van der Waals surface area contributed by atoms with E-state index in [1.807, 2.05) is 11.6 Å². The molecular weight excluding hydrogens is 288 g/mol. The molecule has 0 aliphatic carbocycles. The van der Waals surface area contributed by atoms with Crippen LogP contribution in [0.5, 0.6) is 0 Å². The Hall–Kier alpha value is -0.890. The van der Waals surface area contributed by atoms with Crippen molar-refractivity contribution in [1.29, 1.82) is 0 Å². The van der Waals surface area contributed by atoms with Gasteiger partial charge in [0.05, 0.1) is 0 Å². The predicted octanol–water partition coefficient (Wildman–Crippen LogP) is 1.20. The van der Waals surface area contributed by atoms with Gasteiger partial charge in [-0.2, -0.15) is 0 Å². The fourth-order valence-electron chi connectivity index (χ4n) is 2.50. The van der Waals surface area contributed by atoms with Gasteiger partial charge in [-0.3, -0.25) is 0 Å². The highest BCUT2D eigenvalue weighted by Gasteiger charge is 2.21. The first-order chi connectivity index (χ1) is 10.0. The van der Waals surface area contributed by atoms with Gasteiger partial charge in [0.2, 0.25) is 0 Å². The number of hydrogen-bond acceptors (Lipinski definition) is 4. The molecule has 1 fully saturated rings. The van der Waals surface area contributed by atoms with Crippen LogP contribution in [-0.2, 0) is 23.6 Å². The molecule has 0 saturated carbocycles. The first-order valence-corrected chi connectivity index (χ1v) is 9.14. The van der Waals surface area contributed by atoms with Crippen LogP contribution >= 0.6 is 0 Å². The second-order valence-corrected chi connectivity index (χ2v) is 7.26. The number of piperidine rings is 1. The average molecular weight is 314 g/mol. The molecule has 0 atom stereocenters. The lowest BCUT2D eigenvalue weighted by Gasteiger charge is -2.26. The van der Waals surface area contributed by atoms with Crippen LogP contribution < -0.4 is 10.1 Å². The van der Waals surface area contributed by atoms with Crippen molar-refractivity contribution in [3.63, 3.8) is 0 Å². The minimum Gasteiger partial charge on any atom is -0.352 e. The SMILES string of the molecule is CCCNCc1cc(S(=O)(=O)NN2CCCCC2)cn1C. The molecule has 0 aromatic carbocycles. The monoisotopic (exact) mass is 314 g/mol. The quantitative estimate of drug-likeness (QED) is 0.742. The lowest BCUT2D eigenvalue weighted by atomic mass is 10.2. The molecule has 2 N–H and O–H groups in total. The summed E-state index contributed by atoms with van der Waals surface area (Å²) in [6.07, 6.45) is 6.01. The summed E-state index contributed by atoms with van der Waals surface area (Å²) in [6, 6.07) is 1.74. The second-order valence-electron chi connectivity index (χ2n) is 5.60. The normalized spacial score (nSPS) is 17.2. The van der Waals surface area contributed by atoms with Gasteiger partial charge in [0.25, 0.3) is 10.0 Å². The van der Waals surface area contributed by atoms with Crippen LogP contribution in [0.4, 0.5) is 0 Å². The molecule has 0 amide bonds. The summed E-state index contributed by atoms with van der Waals surface area (Å²) in [6.45, 7) is 5.30. The molecule has 2 rings (SSSR count). The van der Waals surface area contributed by atoms with Crippen molar-refractivity contribution >= 4 is 10.0 Å². The summed E-state index contributed by atoms with van der Waals surface area (Å²) >= 11 is 0. The molecule has 0 radical (unpaired) electrons. The Morgan fingerprint density at radius 1 is 1.24 bits per heavy atom. The molecule has 1 saturated heterocycles. The van der Waals surface area contributed by atoms with Crippen molar-refractivity contribution in [3.8, 4) is 0 Å². The smallest absolute Gasteiger partial charge is 0.254 e. The van der Waals surface area contributed by atoms with Crippen LogP contribution in [0.15, 0.2) is 17.2 Å². The van der Waals surface area contributed by atoms with Gasteiger partial charge in [-0.05, 0) is 31.9 Å².